The van der Waals surface area contributed by atoms with Crippen LogP contribution in [0.25, 0.3) is 0 Å². The van der Waals surface area contributed by atoms with Crippen molar-refractivity contribution in [2.75, 3.05) is 13.2 Å². The Hall–Kier alpha value is -1.87. The molecule has 2 N–H and O–H groups in total. The lowest BCUT2D eigenvalue weighted by atomic mass is 9.99. The minimum Gasteiger partial charge on any atom is -0.394 e. The van der Waals surface area contributed by atoms with E-state index in [1.807, 2.05) is 32.0 Å². The van der Waals surface area contributed by atoms with Gasteiger partial charge in [0.05, 0.1) is 13.2 Å². The van der Waals surface area contributed by atoms with Gasteiger partial charge in [-0.25, -0.2) is 4.39 Å². The van der Waals surface area contributed by atoms with Crippen LogP contribution in [0.15, 0.2) is 42.5 Å². The third kappa shape index (κ3) is 4.21. The highest BCUT2D eigenvalue weighted by molar-refractivity contribution is 5.31. The quantitative estimate of drug-likeness (QED) is 0.816. The maximum atomic E-state index is 13.6. The Kier molecular flexibility index (Phi) is 5.96. The van der Waals surface area contributed by atoms with Gasteiger partial charge in [-0.1, -0.05) is 30.3 Å². The fraction of sp³-hybridized carbons (Fsp3) is 0.455. The molecule has 4 rings (SSSR count). The molecule has 2 heterocycles. The highest BCUT2D eigenvalue weighted by Gasteiger charge is 2.48. The normalized spacial score (nSPS) is 30.6. The number of fused-ring (bicyclic) bond motifs is 1. The SMILES string of the molecule is Cc1ccc(C2O[C@H]([C@H](O)CO)[C@@H]3OC(c4cccc(F)c4)OC[C@@H]3O2)cc1C. The average Bonchev–Trinajstić information content (AvgIpc) is 2.74. The third-order valence-electron chi connectivity index (χ3n) is 5.45. The van der Waals surface area contributed by atoms with Crippen LogP contribution in [0.1, 0.15) is 34.8 Å². The first-order valence-electron chi connectivity index (χ1n) is 9.66. The second-order valence-corrected chi connectivity index (χ2v) is 7.52. The van der Waals surface area contributed by atoms with Gasteiger partial charge < -0.3 is 29.2 Å². The molecule has 0 radical (unpaired) electrons. The Bertz CT molecular complexity index is 859. The molecular weight excluding hydrogens is 379 g/mol. The Labute approximate surface area is 168 Å². The van der Waals surface area contributed by atoms with Gasteiger partial charge in [0.15, 0.2) is 12.6 Å². The number of benzene rings is 2. The zero-order chi connectivity index (χ0) is 20.5. The fourth-order valence-electron chi connectivity index (χ4n) is 3.67. The second kappa shape index (κ2) is 8.47. The van der Waals surface area contributed by atoms with Crippen molar-refractivity contribution >= 4 is 0 Å². The highest BCUT2D eigenvalue weighted by Crippen LogP contribution is 2.39. The number of hydrogen-bond donors (Lipinski definition) is 2. The van der Waals surface area contributed by atoms with E-state index in [2.05, 4.69) is 0 Å². The van der Waals surface area contributed by atoms with Gasteiger partial charge in [-0.15, -0.1) is 0 Å². The lowest BCUT2D eigenvalue weighted by Crippen LogP contribution is -2.58. The molecule has 2 unspecified atom stereocenters. The van der Waals surface area contributed by atoms with E-state index in [0.29, 0.717) is 5.56 Å². The van der Waals surface area contributed by atoms with Gasteiger partial charge in [-0.3, -0.25) is 0 Å². The fourth-order valence-corrected chi connectivity index (χ4v) is 3.67. The topological polar surface area (TPSA) is 77.4 Å². The largest absolute Gasteiger partial charge is 0.394 e. The summed E-state index contributed by atoms with van der Waals surface area (Å²) in [6.45, 7) is 3.72. The Balaban J connectivity index is 1.57. The summed E-state index contributed by atoms with van der Waals surface area (Å²) < 4.78 is 37.4. The first-order chi connectivity index (χ1) is 14.0. The van der Waals surface area contributed by atoms with Crippen molar-refractivity contribution < 1.29 is 33.6 Å². The van der Waals surface area contributed by atoms with Crippen molar-refractivity contribution in [3.05, 3.63) is 70.5 Å². The molecule has 29 heavy (non-hydrogen) atoms. The molecule has 2 aromatic rings. The van der Waals surface area contributed by atoms with E-state index in [1.165, 1.54) is 12.1 Å². The van der Waals surface area contributed by atoms with Gasteiger partial charge in [0, 0.05) is 11.1 Å². The van der Waals surface area contributed by atoms with Gasteiger partial charge in [0.25, 0.3) is 0 Å². The number of aliphatic hydroxyl groups is 2. The first kappa shape index (κ1) is 20.4. The van der Waals surface area contributed by atoms with Crippen LogP contribution in [0.2, 0.25) is 0 Å². The maximum absolute atomic E-state index is 13.6. The molecule has 7 heteroatoms. The number of halogens is 1. The predicted octanol–water partition coefficient (Wildman–Crippen LogP) is 2.69. The van der Waals surface area contributed by atoms with E-state index < -0.39 is 49.4 Å². The van der Waals surface area contributed by atoms with Crippen LogP contribution in [0.3, 0.4) is 0 Å². The lowest BCUT2D eigenvalue weighted by Gasteiger charge is -2.47. The van der Waals surface area contributed by atoms with Crippen molar-refractivity contribution in [3.8, 4) is 0 Å². The van der Waals surface area contributed by atoms with Crippen LogP contribution in [-0.2, 0) is 18.9 Å². The van der Waals surface area contributed by atoms with Gasteiger partial charge >= 0.3 is 0 Å². The molecule has 0 saturated carbocycles. The van der Waals surface area contributed by atoms with E-state index >= 15 is 0 Å². The average molecular weight is 404 g/mol. The van der Waals surface area contributed by atoms with Crippen molar-refractivity contribution in [2.45, 2.75) is 50.8 Å². The summed E-state index contributed by atoms with van der Waals surface area (Å²) in [5, 5.41) is 19.9. The molecule has 2 saturated heterocycles. The summed E-state index contributed by atoms with van der Waals surface area (Å²) in [6.07, 6.45) is -4.71. The number of aliphatic hydroxyl groups excluding tert-OH is 2. The van der Waals surface area contributed by atoms with Crippen molar-refractivity contribution in [1.29, 1.82) is 0 Å². The summed E-state index contributed by atoms with van der Waals surface area (Å²) in [6, 6.07) is 11.8. The number of aryl methyl sites for hydroxylation is 2. The van der Waals surface area contributed by atoms with Gasteiger partial charge in [-0.05, 0) is 37.1 Å². The molecular formula is C22H25FO6. The molecule has 0 amide bonds. The van der Waals surface area contributed by atoms with Gasteiger partial charge in [0.2, 0.25) is 0 Å². The van der Waals surface area contributed by atoms with Crippen LogP contribution in [0, 0.1) is 19.7 Å². The molecule has 0 aromatic heterocycles. The Morgan fingerprint density at radius 3 is 2.52 bits per heavy atom. The van der Waals surface area contributed by atoms with Crippen LogP contribution >= 0.6 is 0 Å². The van der Waals surface area contributed by atoms with Gasteiger partial charge in [-0.2, -0.15) is 0 Å². The summed E-state index contributed by atoms with van der Waals surface area (Å²) in [5.41, 5.74) is 3.58. The van der Waals surface area contributed by atoms with E-state index in [1.54, 1.807) is 12.1 Å². The Morgan fingerprint density at radius 2 is 1.79 bits per heavy atom. The smallest absolute Gasteiger partial charge is 0.184 e. The van der Waals surface area contributed by atoms with Crippen molar-refractivity contribution in [3.63, 3.8) is 0 Å². The summed E-state index contributed by atoms with van der Waals surface area (Å²) in [4.78, 5) is 0. The second-order valence-electron chi connectivity index (χ2n) is 7.52. The number of ether oxygens (including phenoxy) is 4. The summed E-state index contributed by atoms with van der Waals surface area (Å²) in [7, 11) is 0. The van der Waals surface area contributed by atoms with Gasteiger partial charge in [0.1, 0.15) is 30.2 Å². The van der Waals surface area contributed by atoms with Crippen LogP contribution in [-0.4, -0.2) is 47.8 Å². The zero-order valence-electron chi connectivity index (χ0n) is 16.3. The summed E-state index contributed by atoms with van der Waals surface area (Å²) in [5.74, 6) is -0.394. The highest BCUT2D eigenvalue weighted by atomic mass is 19.1. The van der Waals surface area contributed by atoms with Crippen LogP contribution in [0.5, 0.6) is 0 Å². The van der Waals surface area contributed by atoms with Crippen molar-refractivity contribution in [2.24, 2.45) is 0 Å². The van der Waals surface area contributed by atoms with Crippen molar-refractivity contribution in [1.82, 2.24) is 0 Å². The standard InChI is InChI=1S/C22H25FO6/c1-12-6-7-15(8-13(12)2)22-27-18-11-26-21(14-4-3-5-16(23)9-14)29-20(18)19(28-22)17(25)10-24/h3-9,17-22,24-25H,10-11H2,1-2H3/t17-,18+,19-,20-,21?,22?/m1/s1. The molecule has 0 bridgehead atoms. The third-order valence-corrected chi connectivity index (χ3v) is 5.45. The first-order valence-corrected chi connectivity index (χ1v) is 9.66. The number of rotatable bonds is 4. The van der Waals surface area contributed by atoms with E-state index in [9.17, 15) is 14.6 Å². The predicted molar refractivity (Wildman–Crippen MR) is 101 cm³/mol. The molecule has 156 valence electrons. The van der Waals surface area contributed by atoms with Crippen LogP contribution in [0.4, 0.5) is 4.39 Å². The molecule has 2 aliphatic heterocycles. The summed E-state index contributed by atoms with van der Waals surface area (Å²) >= 11 is 0. The van der Waals surface area contributed by atoms with E-state index in [0.717, 1.165) is 16.7 Å². The number of hydrogen-bond acceptors (Lipinski definition) is 6. The maximum Gasteiger partial charge on any atom is 0.184 e. The molecule has 0 spiro atoms. The minimum atomic E-state index is -1.16. The molecule has 2 aliphatic rings. The molecule has 2 fully saturated rings. The molecule has 6 atom stereocenters. The zero-order valence-corrected chi connectivity index (χ0v) is 16.3. The monoisotopic (exact) mass is 404 g/mol. The van der Waals surface area contributed by atoms with E-state index in [4.69, 9.17) is 18.9 Å². The molecule has 0 aliphatic carbocycles. The minimum absolute atomic E-state index is 0.186. The lowest BCUT2D eigenvalue weighted by molar-refractivity contribution is -0.373. The molecule has 6 nitrogen and oxygen atoms in total. The van der Waals surface area contributed by atoms with E-state index in [-0.39, 0.29) is 6.61 Å². The van der Waals surface area contributed by atoms with Crippen LogP contribution < -0.4 is 0 Å². The molecule has 2 aromatic carbocycles. The Morgan fingerprint density at radius 1 is 1.00 bits per heavy atom.